The van der Waals surface area contributed by atoms with Crippen LogP contribution >= 0.6 is 23.1 Å². The molecule has 2 saturated heterocycles. The SMILES string of the molecule is CC[C@H](C)[C@H](CC(=O)[C@@]1(C)CCCN1C)C(=O)N(C)[C@H](C[C@@H](OC(C)=O)c1nc(C(=O)N[C@@H](Cc2ccc(NC(=O)[C@H](C)CC(=O)[C@@H](NC(=O)CCCCCN3C(=O)CC(SC)C3=O)C(C)C)cc2)C[C@H](C)C(=O)O)cs1)C(C)C. The molecule has 1 aromatic carbocycles. The van der Waals surface area contributed by atoms with Crippen molar-refractivity contribution in [1.29, 1.82) is 0 Å². The molecule has 2 aliphatic rings. The number of hydrogen-bond donors (Lipinski definition) is 4. The Morgan fingerprint density at radius 2 is 1.60 bits per heavy atom. The van der Waals surface area contributed by atoms with Gasteiger partial charge in [0.25, 0.3) is 5.91 Å². The Labute approximate surface area is 481 Å². The van der Waals surface area contributed by atoms with Crippen molar-refractivity contribution in [1.82, 2.24) is 30.3 Å². The molecule has 2 fully saturated rings. The van der Waals surface area contributed by atoms with Crippen molar-refractivity contribution in [3.63, 3.8) is 0 Å². The molecule has 6 amide bonds. The Hall–Kier alpha value is -5.54. The topological polar surface area (TPSA) is 259 Å². The van der Waals surface area contributed by atoms with E-state index in [9.17, 15) is 53.1 Å². The Morgan fingerprint density at radius 3 is 2.16 bits per heavy atom. The lowest BCUT2D eigenvalue weighted by molar-refractivity contribution is -0.150. The summed E-state index contributed by atoms with van der Waals surface area (Å²) >= 11 is 2.50. The molecular formula is C59H89N7O12S2. The number of carboxylic acid groups (broad SMARTS) is 1. The summed E-state index contributed by atoms with van der Waals surface area (Å²) in [5.74, 6) is -6.10. The number of unbranched alkanes of at least 4 members (excludes halogenated alkanes) is 2. The van der Waals surface area contributed by atoms with Crippen LogP contribution in [0.15, 0.2) is 29.6 Å². The summed E-state index contributed by atoms with van der Waals surface area (Å²) in [6.07, 6.45) is 5.85. The molecule has 2 aromatic rings. The molecule has 19 nitrogen and oxygen atoms in total. The zero-order chi connectivity index (χ0) is 59.8. The number of imide groups is 1. The number of thioether (sulfide) groups is 1. The van der Waals surface area contributed by atoms with Gasteiger partial charge < -0.3 is 30.7 Å². The van der Waals surface area contributed by atoms with Crippen molar-refractivity contribution >= 4 is 87.7 Å². The first kappa shape index (κ1) is 67.0. The van der Waals surface area contributed by atoms with E-state index >= 15 is 0 Å². The number of ether oxygens (including phenoxy) is 1. The monoisotopic (exact) mass is 1150 g/mol. The summed E-state index contributed by atoms with van der Waals surface area (Å²) in [4.78, 5) is 141. The lowest BCUT2D eigenvalue weighted by atomic mass is 9.80. The third kappa shape index (κ3) is 18.8. The van der Waals surface area contributed by atoms with Gasteiger partial charge in [-0.05, 0) is 101 Å². The average molecular weight is 1150 g/mol. The van der Waals surface area contributed by atoms with E-state index in [4.69, 9.17) is 4.74 Å². The zero-order valence-electron chi connectivity index (χ0n) is 49.4. The molecule has 0 saturated carbocycles. The minimum Gasteiger partial charge on any atom is -0.481 e. The number of anilines is 1. The molecule has 3 heterocycles. The minimum absolute atomic E-state index is 0.0400. The van der Waals surface area contributed by atoms with Crippen molar-refractivity contribution in [3.05, 3.63) is 45.9 Å². The van der Waals surface area contributed by atoms with Gasteiger partial charge in [0.2, 0.25) is 29.5 Å². The fourth-order valence-electron chi connectivity index (χ4n) is 10.6. The Kier molecular flexibility index (Phi) is 26.0. The molecule has 1 unspecified atom stereocenters. The van der Waals surface area contributed by atoms with Gasteiger partial charge in [-0.1, -0.05) is 80.4 Å². The van der Waals surface area contributed by atoms with Gasteiger partial charge in [0, 0.05) is 87.6 Å². The third-order valence-electron chi connectivity index (χ3n) is 16.2. The van der Waals surface area contributed by atoms with E-state index in [1.807, 2.05) is 55.5 Å². The molecule has 80 heavy (non-hydrogen) atoms. The molecule has 0 aliphatic carbocycles. The largest absolute Gasteiger partial charge is 0.481 e. The van der Waals surface area contributed by atoms with Crippen LogP contribution in [0.4, 0.5) is 5.69 Å². The molecule has 0 spiro atoms. The number of Topliss-reactive ketones (excluding diaryl/α,β-unsaturated/α-hetero) is 2. The second-order valence-corrected chi connectivity index (χ2v) is 25.0. The molecule has 0 radical (unpaired) electrons. The summed E-state index contributed by atoms with van der Waals surface area (Å²) in [6, 6.07) is 4.96. The fraction of sp³-hybridized carbons (Fsp3) is 0.678. The number of aromatic nitrogens is 1. The molecule has 4 rings (SSSR count). The number of thiazole rings is 1. The van der Waals surface area contributed by atoms with Gasteiger partial charge >= 0.3 is 11.9 Å². The van der Waals surface area contributed by atoms with Crippen LogP contribution in [0.1, 0.15) is 173 Å². The van der Waals surface area contributed by atoms with Gasteiger partial charge in [-0.2, -0.15) is 11.8 Å². The number of carbonyl (C=O) groups is 10. The normalized spacial score (nSPS) is 19.6. The van der Waals surface area contributed by atoms with Gasteiger partial charge in [-0.15, -0.1) is 11.3 Å². The van der Waals surface area contributed by atoms with E-state index in [2.05, 4.69) is 25.8 Å². The number of nitrogens with zero attached hydrogens (tertiary/aromatic N) is 4. The van der Waals surface area contributed by atoms with Gasteiger partial charge in [-0.3, -0.25) is 57.7 Å². The number of ketones is 2. The van der Waals surface area contributed by atoms with E-state index < -0.39 is 71.3 Å². The number of hydrogen-bond acceptors (Lipinski definition) is 15. The minimum atomic E-state index is -1.04. The Bertz CT molecular complexity index is 2500. The van der Waals surface area contributed by atoms with Crippen LogP contribution in [0, 0.1) is 35.5 Å². The van der Waals surface area contributed by atoms with Gasteiger partial charge in [-0.25, -0.2) is 4.98 Å². The standard InChI is InChI=1S/C59H89N7O12S2/c1-14-36(6)43(30-49(69)59(10)24-18-25-64(59)11)56(74)65(12)45(34(2)3)31-47(78-39(9)67)55-62-44(33-80-55)54(73)61-42(27-38(8)58(76)77)29-40-20-22-41(23-21-40)60-53(72)37(7)28-46(68)52(35(4)5)63-50(70)19-16-15-17-26-66-51(71)32-48(79-13)57(66)75/h20-23,33-38,42-43,45,47-48,52H,14-19,24-32H2,1-13H3,(H,60,72)(H,61,73)(H,63,70)(H,76,77)/t36-,37+,38-,42+,43-,45+,47+,48?,52-,59+/m0/s1. The highest BCUT2D eigenvalue weighted by molar-refractivity contribution is 8.00. The smallest absolute Gasteiger partial charge is 0.306 e. The second-order valence-electron chi connectivity index (χ2n) is 23.1. The molecule has 444 valence electrons. The molecular weight excluding hydrogens is 1060 g/mol. The van der Waals surface area contributed by atoms with Crippen molar-refractivity contribution in [3.8, 4) is 0 Å². The number of benzene rings is 1. The van der Waals surface area contributed by atoms with Crippen molar-refractivity contribution in [2.24, 2.45) is 35.5 Å². The van der Waals surface area contributed by atoms with Gasteiger partial charge in [0.15, 0.2) is 17.7 Å². The van der Waals surface area contributed by atoms with Crippen LogP contribution < -0.4 is 16.0 Å². The highest BCUT2D eigenvalue weighted by Crippen LogP contribution is 2.35. The number of nitrogens with one attached hydrogen (secondary N) is 3. The lowest BCUT2D eigenvalue weighted by Gasteiger charge is -2.38. The lowest BCUT2D eigenvalue weighted by Crippen LogP contribution is -2.50. The van der Waals surface area contributed by atoms with E-state index in [1.165, 1.54) is 23.6 Å². The van der Waals surface area contributed by atoms with E-state index in [0.29, 0.717) is 42.9 Å². The number of likely N-dealkylation sites (tertiary alicyclic amines) is 2. The Morgan fingerprint density at radius 1 is 0.925 bits per heavy atom. The maximum Gasteiger partial charge on any atom is 0.306 e. The summed E-state index contributed by atoms with van der Waals surface area (Å²) in [5.41, 5.74) is 0.602. The van der Waals surface area contributed by atoms with Crippen molar-refractivity contribution in [2.45, 2.75) is 188 Å². The highest BCUT2D eigenvalue weighted by Gasteiger charge is 2.44. The van der Waals surface area contributed by atoms with Crippen molar-refractivity contribution < 1.29 is 57.8 Å². The zero-order valence-corrected chi connectivity index (χ0v) is 51.0. The highest BCUT2D eigenvalue weighted by atomic mass is 32.2. The van der Waals surface area contributed by atoms with Crippen LogP contribution in [0.2, 0.25) is 0 Å². The number of esters is 1. The van der Waals surface area contributed by atoms with Crippen LogP contribution in [0.5, 0.6) is 0 Å². The number of carboxylic acids is 1. The number of amides is 6. The average Bonchev–Trinajstić information content (AvgIpc) is 4.12. The molecule has 1 aromatic heterocycles. The number of rotatable bonds is 33. The molecule has 21 heteroatoms. The quantitative estimate of drug-likeness (QED) is 0.0301. The number of likely N-dealkylation sites (N-methyl/N-ethyl adjacent to an activating group) is 1. The first-order valence-electron chi connectivity index (χ1n) is 28.4. The molecule has 0 bridgehead atoms. The van der Waals surface area contributed by atoms with E-state index in [-0.39, 0.29) is 109 Å². The molecule has 2 aliphatic heterocycles. The summed E-state index contributed by atoms with van der Waals surface area (Å²) in [5, 5.41) is 20.1. The summed E-state index contributed by atoms with van der Waals surface area (Å²) in [7, 11) is 3.68. The first-order valence-corrected chi connectivity index (χ1v) is 30.5. The second kappa shape index (κ2) is 31.0. The summed E-state index contributed by atoms with van der Waals surface area (Å²) in [6.45, 7) is 19.2. The van der Waals surface area contributed by atoms with Crippen molar-refractivity contribution in [2.75, 3.05) is 38.8 Å². The first-order chi connectivity index (χ1) is 37.6. The van der Waals surface area contributed by atoms with E-state index in [0.717, 1.165) is 36.3 Å². The third-order valence-corrected chi connectivity index (χ3v) is 18.1. The van der Waals surface area contributed by atoms with Crippen LogP contribution in [-0.2, 0) is 54.3 Å². The molecule has 4 N–H and O–H groups in total. The predicted molar refractivity (Wildman–Crippen MR) is 310 cm³/mol. The molecule has 10 atom stereocenters. The van der Waals surface area contributed by atoms with E-state index in [1.54, 1.807) is 61.7 Å². The maximum absolute atomic E-state index is 14.5. The summed E-state index contributed by atoms with van der Waals surface area (Å²) < 4.78 is 5.84. The fourth-order valence-corrected chi connectivity index (χ4v) is 12.1. The van der Waals surface area contributed by atoms with Gasteiger partial charge in [0.1, 0.15) is 10.7 Å². The van der Waals surface area contributed by atoms with Gasteiger partial charge in [0.05, 0.1) is 22.7 Å². The van der Waals surface area contributed by atoms with Crippen LogP contribution in [-0.4, -0.2) is 146 Å². The van der Waals surface area contributed by atoms with Crippen LogP contribution in [0.3, 0.4) is 0 Å². The number of aliphatic carboxylic acids is 1. The van der Waals surface area contributed by atoms with Crippen LogP contribution in [0.25, 0.3) is 0 Å². The number of carbonyl (C=O) groups excluding carboxylic acids is 9. The Balaban J connectivity index is 1.37. The predicted octanol–water partition coefficient (Wildman–Crippen LogP) is 7.90. The maximum atomic E-state index is 14.5.